The van der Waals surface area contributed by atoms with Crippen LogP contribution in [-0.4, -0.2) is 62.1 Å². The molecule has 0 spiro atoms. The first kappa shape index (κ1) is 16.9. The molecule has 8 nitrogen and oxygen atoms in total. The van der Waals surface area contributed by atoms with Crippen LogP contribution >= 0.6 is 0 Å². The van der Waals surface area contributed by atoms with E-state index in [0.717, 1.165) is 12.8 Å². The quantitative estimate of drug-likeness (QED) is 0.773. The van der Waals surface area contributed by atoms with Crippen LogP contribution in [-0.2, 0) is 19.6 Å². The highest BCUT2D eigenvalue weighted by Crippen LogP contribution is 2.23. The van der Waals surface area contributed by atoms with Crippen molar-refractivity contribution in [2.75, 3.05) is 19.7 Å². The van der Waals surface area contributed by atoms with Gasteiger partial charge in [-0.2, -0.15) is 0 Å². The van der Waals surface area contributed by atoms with Crippen molar-refractivity contribution in [1.29, 1.82) is 0 Å². The van der Waals surface area contributed by atoms with Crippen LogP contribution < -0.4 is 4.72 Å². The zero-order chi connectivity index (χ0) is 17.3. The fourth-order valence-corrected chi connectivity index (χ4v) is 3.80. The molecule has 24 heavy (non-hydrogen) atoms. The standard InChI is InChI=1S/C15H18N2O6S/c18-14(17-6-7-23-13(9-17)15(19)20)10-2-1-3-12(8-10)24(21,22)16-11-4-5-11/h1-3,8,11,13,16H,4-7,9H2,(H,19,20). The van der Waals surface area contributed by atoms with Gasteiger partial charge in [-0.25, -0.2) is 17.9 Å². The number of sulfonamides is 1. The number of carbonyl (C=O) groups excluding carboxylic acids is 1. The lowest BCUT2D eigenvalue weighted by Crippen LogP contribution is -2.48. The van der Waals surface area contributed by atoms with Crippen LogP contribution in [0.4, 0.5) is 0 Å². The minimum absolute atomic E-state index is 0.0232. The van der Waals surface area contributed by atoms with Crippen molar-refractivity contribution in [2.45, 2.75) is 29.9 Å². The van der Waals surface area contributed by atoms with Gasteiger partial charge < -0.3 is 14.7 Å². The number of benzene rings is 1. The van der Waals surface area contributed by atoms with E-state index in [1.165, 1.54) is 29.2 Å². The van der Waals surface area contributed by atoms with Crippen molar-refractivity contribution in [1.82, 2.24) is 9.62 Å². The molecule has 1 amide bonds. The molecular weight excluding hydrogens is 336 g/mol. The number of aliphatic carboxylic acids is 1. The molecule has 1 aliphatic heterocycles. The minimum Gasteiger partial charge on any atom is -0.479 e. The summed E-state index contributed by atoms with van der Waals surface area (Å²) in [6.45, 7) is 0.329. The third-order valence-corrected chi connectivity index (χ3v) is 5.44. The van der Waals surface area contributed by atoms with E-state index < -0.39 is 28.0 Å². The van der Waals surface area contributed by atoms with Gasteiger partial charge in [0.1, 0.15) is 0 Å². The number of nitrogens with one attached hydrogen (secondary N) is 1. The smallest absolute Gasteiger partial charge is 0.334 e. The van der Waals surface area contributed by atoms with Gasteiger partial charge in [-0.1, -0.05) is 6.07 Å². The monoisotopic (exact) mass is 354 g/mol. The first-order valence-electron chi connectivity index (χ1n) is 7.63. The van der Waals surface area contributed by atoms with E-state index in [1.54, 1.807) is 0 Å². The summed E-state index contributed by atoms with van der Waals surface area (Å²) in [6, 6.07) is 5.75. The molecule has 1 aromatic carbocycles. The normalized spacial score (nSPS) is 21.5. The Hall–Kier alpha value is -1.97. The zero-order valence-electron chi connectivity index (χ0n) is 12.8. The van der Waals surface area contributed by atoms with Gasteiger partial charge in [0, 0.05) is 18.2 Å². The van der Waals surface area contributed by atoms with Crippen molar-refractivity contribution in [2.24, 2.45) is 0 Å². The maximum Gasteiger partial charge on any atom is 0.334 e. The summed E-state index contributed by atoms with van der Waals surface area (Å²) in [5.74, 6) is -1.54. The van der Waals surface area contributed by atoms with Gasteiger partial charge in [0.2, 0.25) is 10.0 Å². The Bertz CT molecular complexity index is 759. The number of nitrogens with zero attached hydrogens (tertiary/aromatic N) is 1. The molecule has 130 valence electrons. The summed E-state index contributed by atoms with van der Waals surface area (Å²) in [5, 5.41) is 9.00. The summed E-state index contributed by atoms with van der Waals surface area (Å²) >= 11 is 0. The lowest BCUT2D eigenvalue weighted by Gasteiger charge is -2.31. The highest BCUT2D eigenvalue weighted by atomic mass is 32.2. The fourth-order valence-electron chi connectivity index (χ4n) is 2.45. The molecule has 1 atom stereocenters. The molecule has 0 radical (unpaired) electrons. The SMILES string of the molecule is O=C(O)C1CN(C(=O)c2cccc(S(=O)(=O)NC3CC3)c2)CCO1. The van der Waals surface area contributed by atoms with Crippen LogP contribution in [0, 0.1) is 0 Å². The fraction of sp³-hybridized carbons (Fsp3) is 0.467. The molecule has 0 bridgehead atoms. The zero-order valence-corrected chi connectivity index (χ0v) is 13.7. The van der Waals surface area contributed by atoms with Gasteiger partial charge in [-0.05, 0) is 31.0 Å². The number of hydrogen-bond donors (Lipinski definition) is 2. The number of carboxylic acid groups (broad SMARTS) is 1. The lowest BCUT2D eigenvalue weighted by molar-refractivity contribution is -0.154. The predicted octanol–water partition coefficient (Wildman–Crippen LogP) is 0.0529. The summed E-state index contributed by atoms with van der Waals surface area (Å²) in [4.78, 5) is 24.9. The predicted molar refractivity (Wildman–Crippen MR) is 83.1 cm³/mol. The average Bonchev–Trinajstić information content (AvgIpc) is 3.37. The molecule has 2 aliphatic rings. The third kappa shape index (κ3) is 3.74. The highest BCUT2D eigenvalue weighted by molar-refractivity contribution is 7.89. The Labute approximate surface area is 139 Å². The number of carboxylic acids is 1. The van der Waals surface area contributed by atoms with Crippen LogP contribution in [0.5, 0.6) is 0 Å². The molecule has 1 heterocycles. The number of morpholine rings is 1. The molecule has 1 saturated carbocycles. The Morgan fingerprint density at radius 1 is 1.29 bits per heavy atom. The Kier molecular flexibility index (Phi) is 4.57. The number of rotatable bonds is 5. The Morgan fingerprint density at radius 3 is 2.71 bits per heavy atom. The van der Waals surface area contributed by atoms with E-state index in [0.29, 0.717) is 0 Å². The molecule has 9 heteroatoms. The molecule has 1 saturated heterocycles. The average molecular weight is 354 g/mol. The Balaban J connectivity index is 1.78. The van der Waals surface area contributed by atoms with Gasteiger partial charge in [0.05, 0.1) is 18.0 Å². The second-order valence-electron chi connectivity index (χ2n) is 5.87. The number of carbonyl (C=O) groups is 2. The van der Waals surface area contributed by atoms with E-state index >= 15 is 0 Å². The molecule has 3 rings (SSSR count). The van der Waals surface area contributed by atoms with Crippen molar-refractivity contribution in [3.8, 4) is 0 Å². The summed E-state index contributed by atoms with van der Waals surface area (Å²) in [6.07, 6.45) is 0.580. The number of hydrogen-bond acceptors (Lipinski definition) is 5. The van der Waals surface area contributed by atoms with Crippen LogP contribution in [0.15, 0.2) is 29.2 Å². The van der Waals surface area contributed by atoms with E-state index in [9.17, 15) is 18.0 Å². The summed E-state index contributed by atoms with van der Waals surface area (Å²) in [7, 11) is -3.65. The maximum atomic E-state index is 12.5. The van der Waals surface area contributed by atoms with Crippen LogP contribution in [0.25, 0.3) is 0 Å². The van der Waals surface area contributed by atoms with E-state index in [1.807, 2.05) is 0 Å². The largest absolute Gasteiger partial charge is 0.479 e. The van der Waals surface area contributed by atoms with Gasteiger partial charge in [0.25, 0.3) is 5.91 Å². The van der Waals surface area contributed by atoms with Gasteiger partial charge >= 0.3 is 5.97 Å². The molecule has 0 aromatic heterocycles. The second-order valence-corrected chi connectivity index (χ2v) is 7.59. The van der Waals surface area contributed by atoms with Crippen molar-refractivity contribution < 1.29 is 27.9 Å². The van der Waals surface area contributed by atoms with Crippen molar-refractivity contribution in [3.63, 3.8) is 0 Å². The molecule has 1 aromatic rings. The van der Waals surface area contributed by atoms with E-state index in [2.05, 4.69) is 4.72 Å². The summed E-state index contributed by atoms with van der Waals surface area (Å²) in [5.41, 5.74) is 0.208. The Morgan fingerprint density at radius 2 is 2.04 bits per heavy atom. The highest BCUT2D eigenvalue weighted by Gasteiger charge is 2.31. The van der Waals surface area contributed by atoms with Crippen molar-refractivity contribution in [3.05, 3.63) is 29.8 Å². The minimum atomic E-state index is -3.65. The van der Waals surface area contributed by atoms with Gasteiger partial charge in [-0.15, -0.1) is 0 Å². The van der Waals surface area contributed by atoms with Gasteiger partial charge in [0.15, 0.2) is 6.10 Å². The molecule has 1 aliphatic carbocycles. The van der Waals surface area contributed by atoms with E-state index in [4.69, 9.17) is 9.84 Å². The summed E-state index contributed by atoms with van der Waals surface area (Å²) < 4.78 is 32.1. The van der Waals surface area contributed by atoms with Crippen LogP contribution in [0.2, 0.25) is 0 Å². The first-order chi connectivity index (χ1) is 11.4. The van der Waals surface area contributed by atoms with Gasteiger partial charge in [-0.3, -0.25) is 4.79 Å². The maximum absolute atomic E-state index is 12.5. The number of ether oxygens (including phenoxy) is 1. The lowest BCUT2D eigenvalue weighted by atomic mass is 10.1. The van der Waals surface area contributed by atoms with Crippen LogP contribution in [0.3, 0.4) is 0 Å². The molecule has 2 fully saturated rings. The molecule has 2 N–H and O–H groups in total. The second kappa shape index (κ2) is 6.50. The number of amides is 1. The van der Waals surface area contributed by atoms with Crippen molar-refractivity contribution >= 4 is 21.9 Å². The molecular formula is C15H18N2O6S. The van der Waals surface area contributed by atoms with E-state index in [-0.39, 0.29) is 36.2 Å². The molecule has 1 unspecified atom stereocenters. The third-order valence-electron chi connectivity index (χ3n) is 3.92. The first-order valence-corrected chi connectivity index (χ1v) is 9.11. The topological polar surface area (TPSA) is 113 Å². The van der Waals surface area contributed by atoms with Crippen LogP contribution in [0.1, 0.15) is 23.2 Å².